The summed E-state index contributed by atoms with van der Waals surface area (Å²) in [7, 11) is 0. The van der Waals surface area contributed by atoms with Gasteiger partial charge >= 0.3 is 6.18 Å². The first-order chi connectivity index (χ1) is 11.6. The van der Waals surface area contributed by atoms with Crippen LogP contribution in [0.25, 0.3) is 0 Å². The van der Waals surface area contributed by atoms with Crippen LogP contribution < -0.4 is 10.6 Å². The summed E-state index contributed by atoms with van der Waals surface area (Å²) < 4.78 is 39.7. The van der Waals surface area contributed by atoms with E-state index in [-0.39, 0.29) is 21.3 Å². The summed E-state index contributed by atoms with van der Waals surface area (Å²) in [6, 6.07) is 7.00. The molecule has 0 unspecified atom stereocenters. The molecule has 2 amide bonds. The molecule has 2 aromatic rings. The van der Waals surface area contributed by atoms with Gasteiger partial charge in [-0.3, -0.25) is 9.59 Å². The van der Waals surface area contributed by atoms with E-state index < -0.39 is 29.2 Å². The van der Waals surface area contributed by atoms with Gasteiger partial charge in [-0.1, -0.05) is 23.2 Å². The molecule has 4 nitrogen and oxygen atoms in total. The SMILES string of the molecule is CC(=O)Nc1ccc(NC(=O)c2ccc(Cl)c(Cl)c2)c(C(F)(F)F)c1. The van der Waals surface area contributed by atoms with E-state index in [0.29, 0.717) is 0 Å². The normalized spacial score (nSPS) is 11.1. The van der Waals surface area contributed by atoms with E-state index in [1.807, 2.05) is 0 Å². The fraction of sp³-hybridized carbons (Fsp3) is 0.125. The maximum absolute atomic E-state index is 13.2. The standard InChI is InChI=1S/C16H11Cl2F3N2O2/c1-8(24)22-10-3-5-14(11(7-10)16(19,20)21)23-15(25)9-2-4-12(17)13(18)6-9/h2-7H,1H3,(H,22,24)(H,23,25). The summed E-state index contributed by atoms with van der Waals surface area (Å²) in [6.07, 6.45) is -4.73. The van der Waals surface area contributed by atoms with Gasteiger partial charge in [-0.05, 0) is 36.4 Å². The summed E-state index contributed by atoms with van der Waals surface area (Å²) in [5.41, 5.74) is -1.52. The van der Waals surface area contributed by atoms with Crippen LogP contribution in [-0.2, 0) is 11.0 Å². The van der Waals surface area contributed by atoms with Crippen molar-refractivity contribution in [3.8, 4) is 0 Å². The summed E-state index contributed by atoms with van der Waals surface area (Å²) in [5, 5.41) is 4.77. The molecule has 2 N–H and O–H groups in total. The first-order valence-corrected chi connectivity index (χ1v) is 7.59. The lowest BCUT2D eigenvalue weighted by Gasteiger charge is -2.15. The van der Waals surface area contributed by atoms with Gasteiger partial charge in [0.05, 0.1) is 21.3 Å². The lowest BCUT2D eigenvalue weighted by Crippen LogP contribution is -2.17. The number of hydrogen-bond donors (Lipinski definition) is 2. The van der Waals surface area contributed by atoms with Crippen LogP contribution in [0.1, 0.15) is 22.8 Å². The van der Waals surface area contributed by atoms with Crippen molar-refractivity contribution < 1.29 is 22.8 Å². The van der Waals surface area contributed by atoms with Gasteiger partial charge in [0.2, 0.25) is 5.91 Å². The molecule has 0 aromatic heterocycles. The molecule has 0 aliphatic carbocycles. The Bertz CT molecular complexity index is 839. The molecule has 2 aromatic carbocycles. The monoisotopic (exact) mass is 390 g/mol. The maximum atomic E-state index is 13.2. The van der Waals surface area contributed by atoms with Gasteiger partial charge in [-0.2, -0.15) is 13.2 Å². The molecule has 2 rings (SSSR count). The average molecular weight is 391 g/mol. The van der Waals surface area contributed by atoms with Gasteiger partial charge < -0.3 is 10.6 Å². The summed E-state index contributed by atoms with van der Waals surface area (Å²) >= 11 is 11.5. The lowest BCUT2D eigenvalue weighted by molar-refractivity contribution is -0.137. The van der Waals surface area contributed by atoms with E-state index in [2.05, 4.69) is 10.6 Å². The number of carbonyl (C=O) groups excluding carboxylic acids is 2. The van der Waals surface area contributed by atoms with Gasteiger partial charge in [-0.25, -0.2) is 0 Å². The lowest BCUT2D eigenvalue weighted by atomic mass is 10.1. The molecule has 0 aliphatic heterocycles. The molecular formula is C16H11Cl2F3N2O2. The third kappa shape index (κ3) is 4.87. The second-order valence-corrected chi connectivity index (χ2v) is 5.84. The molecule has 9 heteroatoms. The zero-order valence-corrected chi connectivity index (χ0v) is 14.2. The number of nitrogens with one attached hydrogen (secondary N) is 2. The van der Waals surface area contributed by atoms with Crippen LogP contribution in [0.5, 0.6) is 0 Å². The molecule has 0 fully saturated rings. The Labute approximate surface area is 150 Å². The number of benzene rings is 2. The largest absolute Gasteiger partial charge is 0.418 e. The first kappa shape index (κ1) is 19.1. The number of halogens is 5. The minimum absolute atomic E-state index is 0.0349. The number of anilines is 2. The quantitative estimate of drug-likeness (QED) is 0.754. The third-order valence-electron chi connectivity index (χ3n) is 3.08. The number of amides is 2. The van der Waals surface area contributed by atoms with E-state index in [4.69, 9.17) is 23.2 Å². The van der Waals surface area contributed by atoms with E-state index in [1.165, 1.54) is 31.2 Å². The van der Waals surface area contributed by atoms with Crippen LogP contribution in [-0.4, -0.2) is 11.8 Å². The fourth-order valence-electron chi connectivity index (χ4n) is 2.00. The maximum Gasteiger partial charge on any atom is 0.418 e. The van der Waals surface area contributed by atoms with Gasteiger partial charge in [0, 0.05) is 18.2 Å². The predicted octanol–water partition coefficient (Wildman–Crippen LogP) is 5.22. The number of carbonyl (C=O) groups is 2. The van der Waals surface area contributed by atoms with Gasteiger partial charge in [-0.15, -0.1) is 0 Å². The topological polar surface area (TPSA) is 58.2 Å². The number of alkyl halides is 3. The molecule has 25 heavy (non-hydrogen) atoms. The van der Waals surface area contributed by atoms with Gasteiger partial charge in [0.25, 0.3) is 5.91 Å². The molecule has 0 aliphatic rings. The highest BCUT2D eigenvalue weighted by Gasteiger charge is 2.34. The smallest absolute Gasteiger partial charge is 0.326 e. The minimum atomic E-state index is -4.73. The highest BCUT2D eigenvalue weighted by atomic mass is 35.5. The highest BCUT2D eigenvalue weighted by molar-refractivity contribution is 6.42. The molecule has 0 bridgehead atoms. The van der Waals surface area contributed by atoms with Gasteiger partial charge in [0.15, 0.2) is 0 Å². The average Bonchev–Trinajstić information content (AvgIpc) is 2.49. The number of hydrogen-bond acceptors (Lipinski definition) is 2. The molecule has 0 radical (unpaired) electrons. The molecule has 0 atom stereocenters. The molecule has 0 saturated carbocycles. The van der Waals surface area contributed by atoms with E-state index in [0.717, 1.165) is 12.1 Å². The van der Waals surface area contributed by atoms with E-state index >= 15 is 0 Å². The fourth-order valence-corrected chi connectivity index (χ4v) is 2.30. The Morgan fingerprint density at radius 2 is 1.64 bits per heavy atom. The van der Waals surface area contributed by atoms with Crippen molar-refractivity contribution in [3.05, 3.63) is 57.6 Å². The Kier molecular flexibility index (Phi) is 5.59. The van der Waals surface area contributed by atoms with Crippen LogP contribution in [0, 0.1) is 0 Å². The van der Waals surface area contributed by atoms with Crippen molar-refractivity contribution in [2.24, 2.45) is 0 Å². The predicted molar refractivity (Wildman–Crippen MR) is 90.2 cm³/mol. The van der Waals surface area contributed by atoms with Crippen molar-refractivity contribution in [1.29, 1.82) is 0 Å². The van der Waals surface area contributed by atoms with Crippen molar-refractivity contribution in [2.75, 3.05) is 10.6 Å². The summed E-state index contributed by atoms with van der Waals surface area (Å²) in [4.78, 5) is 23.2. The second-order valence-electron chi connectivity index (χ2n) is 5.02. The molecular weight excluding hydrogens is 380 g/mol. The first-order valence-electron chi connectivity index (χ1n) is 6.83. The molecule has 132 valence electrons. The van der Waals surface area contributed by atoms with Crippen LogP contribution in [0.2, 0.25) is 10.0 Å². The Morgan fingerprint density at radius 1 is 0.960 bits per heavy atom. The minimum Gasteiger partial charge on any atom is -0.326 e. The Balaban J connectivity index is 2.35. The van der Waals surface area contributed by atoms with Crippen molar-refractivity contribution in [1.82, 2.24) is 0 Å². The van der Waals surface area contributed by atoms with Crippen LogP contribution in [0.4, 0.5) is 24.5 Å². The second kappa shape index (κ2) is 7.33. The zero-order valence-electron chi connectivity index (χ0n) is 12.7. The Hall–Kier alpha value is -2.25. The van der Waals surface area contributed by atoms with E-state index in [9.17, 15) is 22.8 Å². The molecule has 0 spiro atoms. The molecule has 0 saturated heterocycles. The zero-order chi connectivity index (χ0) is 18.8. The van der Waals surface area contributed by atoms with Crippen molar-refractivity contribution in [3.63, 3.8) is 0 Å². The van der Waals surface area contributed by atoms with Crippen molar-refractivity contribution >= 4 is 46.4 Å². The van der Waals surface area contributed by atoms with Crippen LogP contribution >= 0.6 is 23.2 Å². The van der Waals surface area contributed by atoms with Gasteiger partial charge in [0.1, 0.15) is 0 Å². The highest BCUT2D eigenvalue weighted by Crippen LogP contribution is 2.37. The Morgan fingerprint density at radius 3 is 2.20 bits per heavy atom. The molecule has 0 heterocycles. The third-order valence-corrected chi connectivity index (χ3v) is 3.81. The summed E-state index contributed by atoms with van der Waals surface area (Å²) in [6.45, 7) is 1.17. The summed E-state index contributed by atoms with van der Waals surface area (Å²) in [5.74, 6) is -1.29. The van der Waals surface area contributed by atoms with Crippen LogP contribution in [0.15, 0.2) is 36.4 Å². The van der Waals surface area contributed by atoms with Crippen LogP contribution in [0.3, 0.4) is 0 Å². The van der Waals surface area contributed by atoms with Crippen molar-refractivity contribution in [2.45, 2.75) is 13.1 Å². The van der Waals surface area contributed by atoms with E-state index in [1.54, 1.807) is 0 Å². The number of rotatable bonds is 3.